The second-order valence-corrected chi connectivity index (χ2v) is 5.32. The van der Waals surface area contributed by atoms with E-state index in [-0.39, 0.29) is 24.4 Å². The Kier molecular flexibility index (Phi) is 4.06. The van der Waals surface area contributed by atoms with Crippen molar-refractivity contribution in [2.24, 2.45) is 5.92 Å². The fraction of sp³-hybridized carbons (Fsp3) is 0.615. The number of hydrogen-bond acceptors (Lipinski definition) is 3. The number of aromatic carboxylic acids is 1. The third-order valence-corrected chi connectivity index (χ3v) is 3.86. The Morgan fingerprint density at radius 2 is 2.05 bits per heavy atom. The van der Waals surface area contributed by atoms with Gasteiger partial charge in [0.15, 0.2) is 0 Å². The monoisotopic (exact) mass is 304 g/mol. The van der Waals surface area contributed by atoms with Crippen molar-refractivity contribution >= 4 is 5.97 Å². The van der Waals surface area contributed by atoms with Crippen LogP contribution >= 0.6 is 0 Å². The number of halogens is 3. The quantitative estimate of drug-likeness (QED) is 0.879. The predicted octanol–water partition coefficient (Wildman–Crippen LogP) is 2.61. The summed E-state index contributed by atoms with van der Waals surface area (Å²) >= 11 is 0. The van der Waals surface area contributed by atoms with Crippen molar-refractivity contribution < 1.29 is 23.1 Å². The molecule has 116 valence electrons. The fourth-order valence-electron chi connectivity index (χ4n) is 2.79. The van der Waals surface area contributed by atoms with E-state index in [4.69, 9.17) is 5.11 Å². The van der Waals surface area contributed by atoms with Crippen LogP contribution in [0.5, 0.6) is 0 Å². The summed E-state index contributed by atoms with van der Waals surface area (Å²) in [6, 6.07) is 0. The van der Waals surface area contributed by atoms with Gasteiger partial charge in [-0.15, -0.1) is 0 Å². The van der Waals surface area contributed by atoms with E-state index in [1.807, 2.05) is 0 Å². The lowest BCUT2D eigenvalue weighted by Crippen LogP contribution is -2.30. The Balaban J connectivity index is 2.31. The van der Waals surface area contributed by atoms with Crippen LogP contribution < -0.4 is 5.56 Å². The Bertz CT molecular complexity index is 610. The van der Waals surface area contributed by atoms with Crippen molar-refractivity contribution in [3.63, 3.8) is 0 Å². The van der Waals surface area contributed by atoms with Gasteiger partial charge in [-0.05, 0) is 26.2 Å². The van der Waals surface area contributed by atoms with Crippen LogP contribution in [-0.2, 0) is 0 Å². The molecule has 1 aliphatic carbocycles. The van der Waals surface area contributed by atoms with Gasteiger partial charge in [-0.3, -0.25) is 4.79 Å². The minimum atomic E-state index is -4.25. The number of nitrogens with zero attached hydrogens (tertiary/aromatic N) is 1. The summed E-state index contributed by atoms with van der Waals surface area (Å²) in [5, 5.41) is 8.89. The Morgan fingerprint density at radius 1 is 1.38 bits per heavy atom. The van der Waals surface area contributed by atoms with E-state index in [0.717, 1.165) is 0 Å². The highest BCUT2D eigenvalue weighted by atomic mass is 19.4. The molecule has 1 aromatic rings. The number of aromatic amines is 1. The molecule has 0 radical (unpaired) electrons. The number of carboxylic acids is 1. The number of alkyl halides is 3. The molecule has 8 heteroatoms. The molecule has 2 rings (SSSR count). The average Bonchev–Trinajstić information content (AvgIpc) is 2.36. The van der Waals surface area contributed by atoms with Crippen LogP contribution in [0, 0.1) is 12.8 Å². The number of aryl methyl sites for hydroxylation is 1. The van der Waals surface area contributed by atoms with Gasteiger partial charge < -0.3 is 10.1 Å². The van der Waals surface area contributed by atoms with Crippen LogP contribution in [0.25, 0.3) is 0 Å². The van der Waals surface area contributed by atoms with Crippen molar-refractivity contribution in [3.05, 3.63) is 27.4 Å². The standard InChI is InChI=1S/C13H15F3N2O3/c1-6-9(12(20)21)11(19)18-10(17-6)7-3-2-4-8(5-7)13(14,15)16/h7-8H,2-5H2,1H3,(H,20,21)(H,17,18,19). The number of hydrogen-bond donors (Lipinski definition) is 2. The third kappa shape index (κ3) is 3.25. The van der Waals surface area contributed by atoms with Crippen LogP contribution in [0.4, 0.5) is 13.2 Å². The predicted molar refractivity (Wildman–Crippen MR) is 67.3 cm³/mol. The number of H-pyrrole nitrogens is 1. The average molecular weight is 304 g/mol. The van der Waals surface area contributed by atoms with E-state index in [1.165, 1.54) is 6.92 Å². The number of rotatable bonds is 2. The van der Waals surface area contributed by atoms with Gasteiger partial charge in [0.2, 0.25) is 0 Å². The minimum Gasteiger partial charge on any atom is -0.477 e. The SMILES string of the molecule is Cc1nc(C2CCCC(C(F)(F)F)C2)[nH]c(=O)c1C(=O)O. The van der Waals surface area contributed by atoms with Gasteiger partial charge in [0.05, 0.1) is 11.6 Å². The maximum Gasteiger partial charge on any atom is 0.391 e. The lowest BCUT2D eigenvalue weighted by atomic mass is 9.80. The second-order valence-electron chi connectivity index (χ2n) is 5.32. The van der Waals surface area contributed by atoms with Crippen molar-refractivity contribution in [2.45, 2.75) is 44.7 Å². The molecule has 0 spiro atoms. The van der Waals surface area contributed by atoms with E-state index in [1.54, 1.807) is 0 Å². The molecule has 0 saturated heterocycles. The second kappa shape index (κ2) is 5.50. The van der Waals surface area contributed by atoms with Gasteiger partial charge in [-0.1, -0.05) is 6.42 Å². The summed E-state index contributed by atoms with van der Waals surface area (Å²) in [6.45, 7) is 1.37. The first-order valence-corrected chi connectivity index (χ1v) is 6.61. The molecular weight excluding hydrogens is 289 g/mol. The zero-order valence-corrected chi connectivity index (χ0v) is 11.3. The van der Waals surface area contributed by atoms with Gasteiger partial charge in [-0.25, -0.2) is 9.78 Å². The number of aromatic nitrogens is 2. The van der Waals surface area contributed by atoms with Gasteiger partial charge in [-0.2, -0.15) is 13.2 Å². The van der Waals surface area contributed by atoms with Crippen molar-refractivity contribution in [2.75, 3.05) is 0 Å². The largest absolute Gasteiger partial charge is 0.477 e. The van der Waals surface area contributed by atoms with Crippen LogP contribution in [0.2, 0.25) is 0 Å². The zero-order chi connectivity index (χ0) is 15.8. The topological polar surface area (TPSA) is 83.0 Å². The van der Waals surface area contributed by atoms with E-state index in [2.05, 4.69) is 9.97 Å². The van der Waals surface area contributed by atoms with E-state index in [9.17, 15) is 22.8 Å². The molecule has 0 bridgehead atoms. The number of carbonyl (C=O) groups is 1. The van der Waals surface area contributed by atoms with Gasteiger partial charge in [0.25, 0.3) is 5.56 Å². The third-order valence-electron chi connectivity index (χ3n) is 3.86. The van der Waals surface area contributed by atoms with Crippen LogP contribution in [0.1, 0.15) is 53.5 Å². The lowest BCUT2D eigenvalue weighted by molar-refractivity contribution is -0.183. The maximum atomic E-state index is 12.8. The minimum absolute atomic E-state index is 0.0235. The van der Waals surface area contributed by atoms with E-state index in [0.29, 0.717) is 12.8 Å². The Hall–Kier alpha value is -1.86. The molecule has 1 heterocycles. The summed E-state index contributed by atoms with van der Waals surface area (Å²) in [7, 11) is 0. The molecule has 2 atom stereocenters. The van der Waals surface area contributed by atoms with Crippen LogP contribution in [0.3, 0.4) is 0 Å². The number of carboxylic acid groups (broad SMARTS) is 1. The zero-order valence-electron chi connectivity index (χ0n) is 11.3. The molecule has 0 aliphatic heterocycles. The summed E-state index contributed by atoms with van der Waals surface area (Å²) in [6.07, 6.45) is -3.40. The normalized spacial score (nSPS) is 23.0. The fourth-order valence-corrected chi connectivity index (χ4v) is 2.79. The van der Waals surface area contributed by atoms with Crippen molar-refractivity contribution in [1.29, 1.82) is 0 Å². The molecular formula is C13H15F3N2O3. The molecule has 5 nitrogen and oxygen atoms in total. The number of nitrogens with one attached hydrogen (secondary N) is 1. The first-order valence-electron chi connectivity index (χ1n) is 6.61. The molecule has 1 aliphatic rings. The first kappa shape index (κ1) is 15.5. The Labute approximate surface area is 118 Å². The van der Waals surface area contributed by atoms with Crippen LogP contribution in [-0.4, -0.2) is 27.2 Å². The van der Waals surface area contributed by atoms with Crippen LogP contribution in [0.15, 0.2) is 4.79 Å². The molecule has 1 saturated carbocycles. The van der Waals surface area contributed by atoms with E-state index >= 15 is 0 Å². The molecule has 0 aromatic carbocycles. The maximum absolute atomic E-state index is 12.8. The summed E-state index contributed by atoms with van der Waals surface area (Å²) in [5.74, 6) is -3.15. The van der Waals surface area contributed by atoms with Crippen molar-refractivity contribution in [3.8, 4) is 0 Å². The highest BCUT2D eigenvalue weighted by Gasteiger charge is 2.43. The lowest BCUT2D eigenvalue weighted by Gasteiger charge is -2.30. The molecule has 1 fully saturated rings. The summed E-state index contributed by atoms with van der Waals surface area (Å²) < 4.78 is 38.4. The van der Waals surface area contributed by atoms with Gasteiger partial charge in [0, 0.05) is 5.92 Å². The van der Waals surface area contributed by atoms with Gasteiger partial charge in [0.1, 0.15) is 11.4 Å². The molecule has 1 aromatic heterocycles. The van der Waals surface area contributed by atoms with Crippen molar-refractivity contribution in [1.82, 2.24) is 9.97 Å². The Morgan fingerprint density at radius 3 is 2.57 bits per heavy atom. The highest BCUT2D eigenvalue weighted by molar-refractivity contribution is 5.88. The summed E-state index contributed by atoms with van der Waals surface area (Å²) in [5.41, 5.74) is -1.27. The first-order chi connectivity index (χ1) is 9.70. The molecule has 2 N–H and O–H groups in total. The summed E-state index contributed by atoms with van der Waals surface area (Å²) in [4.78, 5) is 28.9. The smallest absolute Gasteiger partial charge is 0.391 e. The molecule has 0 amide bonds. The highest BCUT2D eigenvalue weighted by Crippen LogP contribution is 2.42. The molecule has 21 heavy (non-hydrogen) atoms. The van der Waals surface area contributed by atoms with Gasteiger partial charge >= 0.3 is 12.1 Å². The van der Waals surface area contributed by atoms with E-state index < -0.39 is 35.1 Å². The molecule has 2 unspecified atom stereocenters.